The Labute approximate surface area is 165 Å². The van der Waals surface area contributed by atoms with Gasteiger partial charge in [0.1, 0.15) is 16.4 Å². The molecule has 0 saturated heterocycles. The fourth-order valence-electron chi connectivity index (χ4n) is 3.49. The van der Waals surface area contributed by atoms with Gasteiger partial charge in [-0.05, 0) is 36.5 Å². The maximum absolute atomic E-state index is 13.2. The Hall–Kier alpha value is -2.58. The van der Waals surface area contributed by atoms with E-state index in [0.29, 0.717) is 12.2 Å². The summed E-state index contributed by atoms with van der Waals surface area (Å²) < 4.78 is 39.7. The molecule has 0 heterocycles. The normalized spacial score (nSPS) is 16.2. The minimum atomic E-state index is -3.91. The third kappa shape index (κ3) is 4.13. The SMILES string of the molecule is COc1cc(OC)c(S(=O)(=O)N[C@@H]2CCCc3ccccc32)cc1NC(C)=O. The first kappa shape index (κ1) is 20.2. The molecule has 1 amide bonds. The molecule has 3 rings (SSSR count). The third-order valence-corrected chi connectivity index (χ3v) is 6.25. The molecule has 0 unspecified atom stereocenters. The third-order valence-electron chi connectivity index (χ3n) is 4.75. The van der Waals surface area contributed by atoms with E-state index in [-0.39, 0.29) is 28.3 Å². The molecule has 2 N–H and O–H groups in total. The number of hydrogen-bond donors (Lipinski definition) is 2. The van der Waals surface area contributed by atoms with Crippen LogP contribution < -0.4 is 19.5 Å². The molecule has 0 radical (unpaired) electrons. The molecule has 7 nitrogen and oxygen atoms in total. The number of methoxy groups -OCH3 is 2. The molecule has 2 aromatic rings. The number of benzene rings is 2. The van der Waals surface area contributed by atoms with Gasteiger partial charge < -0.3 is 14.8 Å². The van der Waals surface area contributed by atoms with Crippen molar-refractivity contribution in [3.63, 3.8) is 0 Å². The van der Waals surface area contributed by atoms with Gasteiger partial charge in [-0.25, -0.2) is 13.1 Å². The average Bonchev–Trinajstić information content (AvgIpc) is 2.67. The van der Waals surface area contributed by atoms with Crippen LogP contribution in [0, 0.1) is 0 Å². The Bertz CT molecular complexity index is 988. The van der Waals surface area contributed by atoms with E-state index in [1.165, 1.54) is 33.3 Å². The highest BCUT2D eigenvalue weighted by Gasteiger charge is 2.29. The van der Waals surface area contributed by atoms with Gasteiger partial charge >= 0.3 is 0 Å². The molecule has 1 aliphatic carbocycles. The standard InChI is InChI=1S/C20H24N2O5S/c1-13(23)21-17-11-20(19(27-3)12-18(17)26-2)28(24,25)22-16-10-6-8-14-7-4-5-9-15(14)16/h4-5,7,9,11-12,16,22H,6,8,10H2,1-3H3,(H,21,23)/t16-/m1/s1. The summed E-state index contributed by atoms with van der Waals surface area (Å²) in [5.74, 6) is 0.123. The van der Waals surface area contributed by atoms with Crippen molar-refractivity contribution >= 4 is 21.6 Å². The Kier molecular flexibility index (Phi) is 5.90. The lowest BCUT2D eigenvalue weighted by Gasteiger charge is -2.26. The number of sulfonamides is 1. The molecule has 150 valence electrons. The van der Waals surface area contributed by atoms with Gasteiger partial charge in [-0.1, -0.05) is 24.3 Å². The number of anilines is 1. The van der Waals surface area contributed by atoms with E-state index >= 15 is 0 Å². The molecular formula is C20H24N2O5S. The van der Waals surface area contributed by atoms with Crippen molar-refractivity contribution in [2.75, 3.05) is 19.5 Å². The van der Waals surface area contributed by atoms with Crippen LogP contribution in [0.3, 0.4) is 0 Å². The summed E-state index contributed by atoms with van der Waals surface area (Å²) in [6.45, 7) is 1.34. The minimum Gasteiger partial charge on any atom is -0.495 e. The lowest BCUT2D eigenvalue weighted by atomic mass is 9.88. The summed E-state index contributed by atoms with van der Waals surface area (Å²) in [5, 5.41) is 2.60. The second-order valence-electron chi connectivity index (χ2n) is 6.65. The van der Waals surface area contributed by atoms with Crippen LogP contribution >= 0.6 is 0 Å². The number of fused-ring (bicyclic) bond motifs is 1. The van der Waals surface area contributed by atoms with Crippen LogP contribution in [0.15, 0.2) is 41.3 Å². The van der Waals surface area contributed by atoms with E-state index < -0.39 is 10.0 Å². The topological polar surface area (TPSA) is 93.7 Å². The van der Waals surface area contributed by atoms with Crippen LogP contribution in [-0.4, -0.2) is 28.5 Å². The van der Waals surface area contributed by atoms with Crippen molar-refractivity contribution in [2.45, 2.75) is 37.1 Å². The zero-order valence-corrected chi connectivity index (χ0v) is 16.9. The van der Waals surface area contributed by atoms with Crippen molar-refractivity contribution in [3.05, 3.63) is 47.5 Å². The lowest BCUT2D eigenvalue weighted by Crippen LogP contribution is -2.31. The number of carbonyl (C=O) groups excluding carboxylic acids is 1. The first-order valence-electron chi connectivity index (χ1n) is 8.99. The van der Waals surface area contributed by atoms with E-state index in [0.717, 1.165) is 24.0 Å². The predicted octanol–water partition coefficient (Wildman–Crippen LogP) is 3.02. The Morgan fingerprint density at radius 1 is 1.11 bits per heavy atom. The lowest BCUT2D eigenvalue weighted by molar-refractivity contribution is -0.114. The number of hydrogen-bond acceptors (Lipinski definition) is 5. The fourth-order valence-corrected chi connectivity index (χ4v) is 4.92. The van der Waals surface area contributed by atoms with Crippen LogP contribution in [0.1, 0.15) is 36.9 Å². The van der Waals surface area contributed by atoms with Crippen molar-refractivity contribution in [1.82, 2.24) is 4.72 Å². The highest BCUT2D eigenvalue weighted by molar-refractivity contribution is 7.89. The van der Waals surface area contributed by atoms with Gasteiger partial charge in [0.05, 0.1) is 19.9 Å². The molecule has 0 fully saturated rings. The molecule has 0 aromatic heterocycles. The molecule has 1 atom stereocenters. The molecule has 1 aliphatic rings. The summed E-state index contributed by atoms with van der Waals surface area (Å²) >= 11 is 0. The summed E-state index contributed by atoms with van der Waals surface area (Å²) in [7, 11) is -1.08. The number of aryl methyl sites for hydroxylation is 1. The van der Waals surface area contributed by atoms with Gasteiger partial charge in [0.2, 0.25) is 15.9 Å². The van der Waals surface area contributed by atoms with Crippen LogP contribution in [0.25, 0.3) is 0 Å². The fraction of sp³-hybridized carbons (Fsp3) is 0.350. The quantitative estimate of drug-likeness (QED) is 0.772. The number of carbonyl (C=O) groups is 1. The summed E-state index contributed by atoms with van der Waals surface area (Å²) in [6.07, 6.45) is 2.56. The van der Waals surface area contributed by atoms with E-state index in [9.17, 15) is 13.2 Å². The van der Waals surface area contributed by atoms with Crippen molar-refractivity contribution in [3.8, 4) is 11.5 Å². The second kappa shape index (κ2) is 8.20. The Morgan fingerprint density at radius 2 is 1.82 bits per heavy atom. The van der Waals surface area contributed by atoms with Crippen LogP contribution in [0.2, 0.25) is 0 Å². The van der Waals surface area contributed by atoms with E-state index in [1.807, 2.05) is 24.3 Å². The Morgan fingerprint density at radius 3 is 2.50 bits per heavy atom. The summed E-state index contributed by atoms with van der Waals surface area (Å²) in [5.41, 5.74) is 2.41. The molecule has 28 heavy (non-hydrogen) atoms. The van der Waals surface area contributed by atoms with E-state index in [2.05, 4.69) is 10.0 Å². The number of rotatable bonds is 6. The first-order chi connectivity index (χ1) is 13.4. The maximum atomic E-state index is 13.2. The summed E-state index contributed by atoms with van der Waals surface area (Å²) in [6, 6.07) is 10.3. The zero-order valence-electron chi connectivity index (χ0n) is 16.1. The smallest absolute Gasteiger partial charge is 0.244 e. The molecule has 2 aromatic carbocycles. The Balaban J connectivity index is 2.01. The predicted molar refractivity (Wildman–Crippen MR) is 106 cm³/mol. The molecule has 0 spiro atoms. The van der Waals surface area contributed by atoms with E-state index in [4.69, 9.17) is 9.47 Å². The number of nitrogens with one attached hydrogen (secondary N) is 2. The highest BCUT2D eigenvalue weighted by atomic mass is 32.2. The number of ether oxygens (including phenoxy) is 2. The molecule has 8 heteroatoms. The van der Waals surface area contributed by atoms with Crippen molar-refractivity contribution < 1.29 is 22.7 Å². The van der Waals surface area contributed by atoms with Gasteiger partial charge in [0.25, 0.3) is 0 Å². The molecule has 0 aliphatic heterocycles. The molecule has 0 saturated carbocycles. The summed E-state index contributed by atoms with van der Waals surface area (Å²) in [4.78, 5) is 11.4. The van der Waals surface area contributed by atoms with Crippen LogP contribution in [0.4, 0.5) is 5.69 Å². The van der Waals surface area contributed by atoms with Crippen molar-refractivity contribution in [1.29, 1.82) is 0 Å². The minimum absolute atomic E-state index is 0.0531. The van der Waals surface area contributed by atoms with Crippen LogP contribution in [-0.2, 0) is 21.2 Å². The average molecular weight is 404 g/mol. The van der Waals surface area contributed by atoms with E-state index in [1.54, 1.807) is 0 Å². The van der Waals surface area contributed by atoms with Gasteiger partial charge in [0, 0.05) is 19.0 Å². The van der Waals surface area contributed by atoms with Gasteiger partial charge in [-0.3, -0.25) is 4.79 Å². The maximum Gasteiger partial charge on any atom is 0.244 e. The van der Waals surface area contributed by atoms with Gasteiger partial charge in [0.15, 0.2) is 0 Å². The second-order valence-corrected chi connectivity index (χ2v) is 8.33. The first-order valence-corrected chi connectivity index (χ1v) is 10.5. The van der Waals surface area contributed by atoms with Crippen LogP contribution in [0.5, 0.6) is 11.5 Å². The highest BCUT2D eigenvalue weighted by Crippen LogP contribution is 2.37. The molecule has 0 bridgehead atoms. The van der Waals surface area contributed by atoms with Gasteiger partial charge in [-0.2, -0.15) is 0 Å². The zero-order chi connectivity index (χ0) is 20.3. The largest absolute Gasteiger partial charge is 0.495 e. The number of amides is 1. The van der Waals surface area contributed by atoms with Crippen molar-refractivity contribution in [2.24, 2.45) is 0 Å². The molecular weight excluding hydrogens is 380 g/mol. The van der Waals surface area contributed by atoms with Gasteiger partial charge in [-0.15, -0.1) is 0 Å². The monoisotopic (exact) mass is 404 g/mol.